The highest BCUT2D eigenvalue weighted by Crippen LogP contribution is 2.33. The number of amides is 1. The van der Waals surface area contributed by atoms with Gasteiger partial charge in [0.2, 0.25) is 5.91 Å². The molecule has 0 atom stereocenters. The number of nitrogens with zero attached hydrogens (tertiary/aromatic N) is 1. The molecule has 0 unspecified atom stereocenters. The smallest absolute Gasteiger partial charge is 0.264 e. The van der Waals surface area contributed by atoms with Gasteiger partial charge in [0.1, 0.15) is 12.3 Å². The molecule has 1 N–H and O–H groups in total. The molecule has 4 aromatic rings. The Hall–Kier alpha value is -3.75. The number of benzene rings is 4. The molecule has 0 radical (unpaired) electrons. The summed E-state index contributed by atoms with van der Waals surface area (Å²) in [6.07, 6.45) is 0. The Morgan fingerprint density at radius 3 is 2.09 bits per heavy atom. The van der Waals surface area contributed by atoms with E-state index in [9.17, 15) is 13.2 Å². The molecule has 1 amide bonds. The number of sulfonamides is 1. The molecule has 0 saturated heterocycles. The van der Waals surface area contributed by atoms with Gasteiger partial charge >= 0.3 is 0 Å². The number of anilines is 2. The lowest BCUT2D eigenvalue weighted by molar-refractivity contribution is -0.114. The van der Waals surface area contributed by atoms with Crippen molar-refractivity contribution in [2.75, 3.05) is 23.3 Å². The van der Waals surface area contributed by atoms with Crippen LogP contribution in [-0.4, -0.2) is 28.0 Å². The Morgan fingerprint density at radius 1 is 0.829 bits per heavy atom. The Balaban J connectivity index is 1.61. The molecule has 178 valence electrons. The summed E-state index contributed by atoms with van der Waals surface area (Å²) in [5, 5.41) is 2.89. The maximum absolute atomic E-state index is 13.5. The van der Waals surface area contributed by atoms with Crippen molar-refractivity contribution < 1.29 is 17.9 Å². The third kappa shape index (κ3) is 6.03. The molecule has 0 aliphatic rings. The zero-order valence-corrected chi connectivity index (χ0v) is 20.6. The predicted octanol–water partition coefficient (Wildman–Crippen LogP) is 5.68. The zero-order chi connectivity index (χ0) is 24.7. The van der Waals surface area contributed by atoms with Gasteiger partial charge in [0.05, 0.1) is 23.4 Å². The van der Waals surface area contributed by atoms with E-state index in [-0.39, 0.29) is 4.90 Å². The fourth-order valence-corrected chi connectivity index (χ4v) is 5.74. The highest BCUT2D eigenvalue weighted by molar-refractivity contribution is 7.99. The van der Waals surface area contributed by atoms with Crippen LogP contribution in [0.3, 0.4) is 0 Å². The molecule has 8 heteroatoms. The van der Waals surface area contributed by atoms with E-state index in [0.717, 1.165) is 14.1 Å². The molecule has 6 nitrogen and oxygen atoms in total. The second kappa shape index (κ2) is 11.1. The standard InChI is InChI=1S/C27H24N2O4S2/c1-33-22-18-16-21(17-19-22)29(35(31,32)24-12-6-3-7-13-24)20-27(30)28-25-14-8-9-15-26(25)34-23-10-4-2-5-11-23/h2-19H,20H2,1H3,(H,28,30). The lowest BCUT2D eigenvalue weighted by Crippen LogP contribution is -2.38. The van der Waals surface area contributed by atoms with Gasteiger partial charge in [0, 0.05) is 9.79 Å². The first-order chi connectivity index (χ1) is 17.0. The molecule has 0 saturated carbocycles. The summed E-state index contributed by atoms with van der Waals surface area (Å²) in [5.41, 5.74) is 0.967. The first kappa shape index (κ1) is 24.4. The largest absolute Gasteiger partial charge is 0.497 e. The first-order valence-corrected chi connectivity index (χ1v) is 13.1. The number of hydrogen-bond donors (Lipinski definition) is 1. The number of rotatable bonds is 9. The number of ether oxygens (including phenoxy) is 1. The van der Waals surface area contributed by atoms with Crippen LogP contribution >= 0.6 is 11.8 Å². The quantitative estimate of drug-likeness (QED) is 0.317. The van der Waals surface area contributed by atoms with E-state index in [1.807, 2.05) is 48.5 Å². The summed E-state index contributed by atoms with van der Waals surface area (Å²) in [6, 6.07) is 31.9. The number of carbonyl (C=O) groups is 1. The third-order valence-corrected chi connectivity index (χ3v) is 7.98. The minimum absolute atomic E-state index is 0.101. The highest BCUT2D eigenvalue weighted by Gasteiger charge is 2.27. The summed E-state index contributed by atoms with van der Waals surface area (Å²) in [6.45, 7) is -0.395. The van der Waals surface area contributed by atoms with E-state index in [2.05, 4.69) is 5.32 Å². The maximum Gasteiger partial charge on any atom is 0.264 e. The minimum Gasteiger partial charge on any atom is -0.497 e. The van der Waals surface area contributed by atoms with Crippen molar-refractivity contribution in [1.29, 1.82) is 0 Å². The summed E-state index contributed by atoms with van der Waals surface area (Å²) in [7, 11) is -2.46. The van der Waals surface area contributed by atoms with Crippen molar-refractivity contribution in [3.8, 4) is 5.75 Å². The van der Waals surface area contributed by atoms with Crippen molar-refractivity contribution in [2.24, 2.45) is 0 Å². The van der Waals surface area contributed by atoms with Gasteiger partial charge in [-0.15, -0.1) is 0 Å². The maximum atomic E-state index is 13.5. The van der Waals surface area contributed by atoms with Crippen LogP contribution in [0.15, 0.2) is 124 Å². The fourth-order valence-electron chi connectivity index (χ4n) is 3.38. The number of nitrogens with one attached hydrogen (secondary N) is 1. The summed E-state index contributed by atoms with van der Waals surface area (Å²) >= 11 is 1.52. The van der Waals surface area contributed by atoms with Crippen LogP contribution < -0.4 is 14.4 Å². The van der Waals surface area contributed by atoms with E-state index in [4.69, 9.17) is 4.74 Å². The number of carbonyl (C=O) groups excluding carboxylic acids is 1. The van der Waals surface area contributed by atoms with Gasteiger partial charge in [-0.2, -0.15) is 0 Å². The SMILES string of the molecule is COc1ccc(N(CC(=O)Nc2ccccc2Sc2ccccc2)S(=O)(=O)c2ccccc2)cc1. The van der Waals surface area contributed by atoms with Crippen molar-refractivity contribution in [1.82, 2.24) is 0 Å². The van der Waals surface area contributed by atoms with Gasteiger partial charge in [-0.05, 0) is 60.7 Å². The molecular formula is C27H24N2O4S2. The molecule has 35 heavy (non-hydrogen) atoms. The van der Waals surface area contributed by atoms with E-state index in [1.165, 1.54) is 31.0 Å². The molecule has 0 heterocycles. The average molecular weight is 505 g/mol. The van der Waals surface area contributed by atoms with Gasteiger partial charge in [0.15, 0.2) is 0 Å². The van der Waals surface area contributed by atoms with Crippen molar-refractivity contribution in [3.63, 3.8) is 0 Å². The van der Waals surface area contributed by atoms with E-state index >= 15 is 0 Å². The van der Waals surface area contributed by atoms with E-state index < -0.39 is 22.5 Å². The lowest BCUT2D eigenvalue weighted by Gasteiger charge is -2.24. The second-order valence-corrected chi connectivity index (χ2v) is 10.5. The Bertz CT molecular complexity index is 1380. The molecule has 0 fully saturated rings. The van der Waals surface area contributed by atoms with Gasteiger partial charge in [-0.1, -0.05) is 60.3 Å². The zero-order valence-electron chi connectivity index (χ0n) is 19.0. The molecule has 0 spiro atoms. The Morgan fingerprint density at radius 2 is 1.43 bits per heavy atom. The second-order valence-electron chi connectivity index (χ2n) is 7.48. The van der Waals surface area contributed by atoms with Crippen LogP contribution in [0.2, 0.25) is 0 Å². The molecule has 4 rings (SSSR count). The van der Waals surface area contributed by atoms with E-state index in [1.54, 1.807) is 48.5 Å². The predicted molar refractivity (Wildman–Crippen MR) is 140 cm³/mol. The summed E-state index contributed by atoms with van der Waals surface area (Å²) < 4.78 is 33.3. The molecule has 0 bridgehead atoms. The molecule has 4 aromatic carbocycles. The van der Waals surface area contributed by atoms with Gasteiger partial charge in [-0.3, -0.25) is 9.10 Å². The van der Waals surface area contributed by atoms with Crippen LogP contribution in [0.1, 0.15) is 0 Å². The van der Waals surface area contributed by atoms with Crippen LogP contribution in [0.5, 0.6) is 5.75 Å². The van der Waals surface area contributed by atoms with Gasteiger partial charge in [-0.25, -0.2) is 8.42 Å². The van der Waals surface area contributed by atoms with Crippen LogP contribution in [0.4, 0.5) is 11.4 Å². The van der Waals surface area contributed by atoms with E-state index in [0.29, 0.717) is 17.1 Å². The number of hydrogen-bond acceptors (Lipinski definition) is 5. The number of para-hydroxylation sites is 1. The van der Waals surface area contributed by atoms with Crippen LogP contribution in [-0.2, 0) is 14.8 Å². The molecule has 0 aromatic heterocycles. The lowest BCUT2D eigenvalue weighted by atomic mass is 10.3. The molecule has 0 aliphatic heterocycles. The third-order valence-electron chi connectivity index (χ3n) is 5.11. The summed E-state index contributed by atoms with van der Waals surface area (Å²) in [4.78, 5) is 15.1. The minimum atomic E-state index is -3.99. The summed E-state index contributed by atoms with van der Waals surface area (Å²) in [5.74, 6) is 0.128. The van der Waals surface area contributed by atoms with Gasteiger partial charge in [0.25, 0.3) is 10.0 Å². The molecule has 0 aliphatic carbocycles. The van der Waals surface area contributed by atoms with Crippen molar-refractivity contribution in [2.45, 2.75) is 14.7 Å². The van der Waals surface area contributed by atoms with Crippen molar-refractivity contribution in [3.05, 3.63) is 109 Å². The Kier molecular flexibility index (Phi) is 7.74. The number of methoxy groups -OCH3 is 1. The van der Waals surface area contributed by atoms with Crippen LogP contribution in [0, 0.1) is 0 Å². The van der Waals surface area contributed by atoms with Crippen molar-refractivity contribution >= 4 is 39.1 Å². The highest BCUT2D eigenvalue weighted by atomic mass is 32.2. The normalized spacial score (nSPS) is 11.0. The molecular weight excluding hydrogens is 480 g/mol. The van der Waals surface area contributed by atoms with Gasteiger partial charge < -0.3 is 10.1 Å². The topological polar surface area (TPSA) is 75.7 Å². The monoisotopic (exact) mass is 504 g/mol. The fraction of sp³-hybridized carbons (Fsp3) is 0.0741. The Labute approximate surface area is 209 Å². The average Bonchev–Trinajstić information content (AvgIpc) is 2.89. The van der Waals surface area contributed by atoms with Crippen LogP contribution in [0.25, 0.3) is 0 Å². The first-order valence-electron chi connectivity index (χ1n) is 10.8.